The van der Waals surface area contributed by atoms with E-state index in [0.29, 0.717) is 33.5 Å². The second-order valence-corrected chi connectivity index (χ2v) is 10.2. The number of halogens is 1. The van der Waals surface area contributed by atoms with Gasteiger partial charge >= 0.3 is 0 Å². The molecule has 6 nitrogen and oxygen atoms in total. The van der Waals surface area contributed by atoms with Gasteiger partial charge in [0.25, 0.3) is 5.91 Å². The monoisotopic (exact) mass is 506 g/mol. The minimum absolute atomic E-state index is 0.147. The molecule has 0 aliphatic rings. The highest BCUT2D eigenvalue weighted by Gasteiger charge is 2.18. The lowest BCUT2D eigenvalue weighted by molar-refractivity contribution is 0.102. The molecule has 0 heterocycles. The van der Waals surface area contributed by atoms with Gasteiger partial charge in [-0.15, -0.1) is 0 Å². The van der Waals surface area contributed by atoms with Gasteiger partial charge in [-0.25, -0.2) is 8.42 Å². The summed E-state index contributed by atoms with van der Waals surface area (Å²) in [4.78, 5) is 12.9. The summed E-state index contributed by atoms with van der Waals surface area (Å²) >= 11 is 6.15. The van der Waals surface area contributed by atoms with E-state index in [4.69, 9.17) is 16.3 Å². The van der Waals surface area contributed by atoms with Gasteiger partial charge < -0.3 is 10.1 Å². The molecule has 4 rings (SSSR count). The molecule has 0 spiro atoms. The van der Waals surface area contributed by atoms with Crippen LogP contribution in [0.3, 0.4) is 0 Å². The Balaban J connectivity index is 1.50. The zero-order valence-corrected chi connectivity index (χ0v) is 20.5. The Labute approximate surface area is 209 Å². The topological polar surface area (TPSA) is 75.7 Å². The number of hydrogen-bond donors (Lipinski definition) is 1. The molecule has 4 aromatic carbocycles. The third-order valence-corrected chi connectivity index (χ3v) is 6.52. The average molecular weight is 507 g/mol. The zero-order chi connectivity index (χ0) is 24.8. The number of amides is 1. The molecule has 0 saturated heterocycles. The van der Waals surface area contributed by atoms with Gasteiger partial charge in [0.1, 0.15) is 5.75 Å². The first-order chi connectivity index (χ1) is 16.8. The standard InChI is InChI=1S/C27H23ClN2O4S/c1-35(32,33)30(23-8-4-2-5-9-23)19-20-12-14-21(15-13-20)27(31)29-25-18-22(28)16-17-26(25)34-24-10-6-3-7-11-24/h2-18H,19H2,1H3,(H,29,31). The minimum Gasteiger partial charge on any atom is -0.455 e. The van der Waals surface area contributed by atoms with Crippen molar-refractivity contribution in [3.63, 3.8) is 0 Å². The largest absolute Gasteiger partial charge is 0.455 e. The van der Waals surface area contributed by atoms with Crippen molar-refractivity contribution in [1.82, 2.24) is 0 Å². The maximum absolute atomic E-state index is 12.9. The summed E-state index contributed by atoms with van der Waals surface area (Å²) in [6, 6.07) is 29.9. The maximum Gasteiger partial charge on any atom is 0.255 e. The van der Waals surface area contributed by atoms with E-state index >= 15 is 0 Å². The third kappa shape index (κ3) is 6.41. The second kappa shape index (κ2) is 10.6. The smallest absolute Gasteiger partial charge is 0.255 e. The van der Waals surface area contributed by atoms with Crippen molar-refractivity contribution >= 4 is 38.9 Å². The molecule has 0 atom stereocenters. The molecule has 0 aliphatic heterocycles. The molecule has 0 bridgehead atoms. The molecular weight excluding hydrogens is 484 g/mol. The van der Waals surface area contributed by atoms with Gasteiger partial charge in [-0.2, -0.15) is 0 Å². The summed E-state index contributed by atoms with van der Waals surface area (Å²) in [5.41, 5.74) is 2.16. The number of carbonyl (C=O) groups excluding carboxylic acids is 1. The Bertz CT molecular complexity index is 1410. The second-order valence-electron chi connectivity index (χ2n) is 7.81. The summed E-state index contributed by atoms with van der Waals surface area (Å²) in [6.45, 7) is 0.147. The van der Waals surface area contributed by atoms with Crippen LogP contribution in [0, 0.1) is 0 Å². The summed E-state index contributed by atoms with van der Waals surface area (Å²) in [5, 5.41) is 3.30. The highest BCUT2D eigenvalue weighted by atomic mass is 35.5. The van der Waals surface area contributed by atoms with E-state index in [-0.39, 0.29) is 12.5 Å². The van der Waals surface area contributed by atoms with Crippen LogP contribution in [0.2, 0.25) is 5.02 Å². The van der Waals surface area contributed by atoms with Gasteiger partial charge in [0.2, 0.25) is 10.0 Å². The lowest BCUT2D eigenvalue weighted by Crippen LogP contribution is -2.29. The van der Waals surface area contributed by atoms with Crippen molar-refractivity contribution in [2.45, 2.75) is 6.54 Å². The number of nitrogens with one attached hydrogen (secondary N) is 1. The van der Waals surface area contributed by atoms with Crippen LogP contribution in [0.4, 0.5) is 11.4 Å². The molecule has 0 aliphatic carbocycles. The Morgan fingerprint density at radius 2 is 1.51 bits per heavy atom. The molecule has 0 unspecified atom stereocenters. The molecule has 0 radical (unpaired) electrons. The number of sulfonamides is 1. The highest BCUT2D eigenvalue weighted by molar-refractivity contribution is 7.92. The summed E-state index contributed by atoms with van der Waals surface area (Å²) in [6.07, 6.45) is 1.17. The number of carbonyl (C=O) groups is 1. The van der Waals surface area contributed by atoms with E-state index in [0.717, 1.165) is 5.56 Å². The van der Waals surface area contributed by atoms with E-state index in [1.54, 1.807) is 66.7 Å². The molecule has 1 amide bonds. The molecule has 0 fully saturated rings. The van der Waals surface area contributed by atoms with Gasteiger partial charge in [-0.05, 0) is 60.2 Å². The lowest BCUT2D eigenvalue weighted by Gasteiger charge is -2.22. The lowest BCUT2D eigenvalue weighted by atomic mass is 10.1. The van der Waals surface area contributed by atoms with Gasteiger partial charge in [0.05, 0.1) is 24.2 Å². The highest BCUT2D eigenvalue weighted by Crippen LogP contribution is 2.32. The number of benzene rings is 4. The predicted molar refractivity (Wildman–Crippen MR) is 140 cm³/mol. The van der Waals surface area contributed by atoms with Crippen LogP contribution in [0.15, 0.2) is 103 Å². The van der Waals surface area contributed by atoms with Crippen LogP contribution in [0.25, 0.3) is 0 Å². The number of rotatable bonds is 8. The van der Waals surface area contributed by atoms with Crippen molar-refractivity contribution in [3.8, 4) is 11.5 Å². The third-order valence-electron chi connectivity index (χ3n) is 5.15. The predicted octanol–water partition coefficient (Wildman–Crippen LogP) is 6.35. The van der Waals surface area contributed by atoms with Crippen molar-refractivity contribution in [2.24, 2.45) is 0 Å². The molecule has 0 saturated carbocycles. The van der Waals surface area contributed by atoms with E-state index < -0.39 is 10.0 Å². The van der Waals surface area contributed by atoms with E-state index in [9.17, 15) is 13.2 Å². The first-order valence-corrected chi connectivity index (χ1v) is 13.0. The normalized spacial score (nSPS) is 11.0. The molecule has 35 heavy (non-hydrogen) atoms. The van der Waals surface area contributed by atoms with E-state index in [1.165, 1.54) is 10.6 Å². The first-order valence-electron chi connectivity index (χ1n) is 10.7. The van der Waals surface area contributed by atoms with Crippen molar-refractivity contribution in [3.05, 3.63) is 119 Å². The fraction of sp³-hybridized carbons (Fsp3) is 0.0741. The van der Waals surface area contributed by atoms with Crippen LogP contribution in [-0.4, -0.2) is 20.6 Å². The van der Waals surface area contributed by atoms with Gasteiger partial charge in [-0.1, -0.05) is 60.1 Å². The minimum atomic E-state index is -3.49. The SMILES string of the molecule is CS(=O)(=O)N(Cc1ccc(C(=O)Nc2cc(Cl)ccc2Oc2ccccc2)cc1)c1ccccc1. The molecular formula is C27H23ClN2O4S. The molecule has 0 aromatic heterocycles. The average Bonchev–Trinajstić information content (AvgIpc) is 2.85. The maximum atomic E-state index is 12.9. The van der Waals surface area contributed by atoms with Crippen molar-refractivity contribution in [2.75, 3.05) is 15.9 Å². The van der Waals surface area contributed by atoms with Crippen LogP contribution < -0.4 is 14.4 Å². The van der Waals surface area contributed by atoms with Crippen LogP contribution in [0.1, 0.15) is 15.9 Å². The molecule has 4 aromatic rings. The first kappa shape index (κ1) is 24.3. The fourth-order valence-corrected chi connectivity index (χ4v) is 4.48. The molecule has 1 N–H and O–H groups in total. The molecule has 8 heteroatoms. The van der Waals surface area contributed by atoms with E-state index in [1.807, 2.05) is 36.4 Å². The van der Waals surface area contributed by atoms with Crippen LogP contribution in [0.5, 0.6) is 11.5 Å². The Morgan fingerprint density at radius 3 is 2.14 bits per heavy atom. The summed E-state index contributed by atoms with van der Waals surface area (Å²) in [7, 11) is -3.49. The van der Waals surface area contributed by atoms with Crippen LogP contribution >= 0.6 is 11.6 Å². The molecule has 178 valence electrons. The summed E-state index contributed by atoms with van der Waals surface area (Å²) < 4.78 is 31.9. The van der Waals surface area contributed by atoms with E-state index in [2.05, 4.69) is 5.32 Å². The quantitative estimate of drug-likeness (QED) is 0.302. The van der Waals surface area contributed by atoms with Gasteiger partial charge in [0, 0.05) is 10.6 Å². The fourth-order valence-electron chi connectivity index (χ4n) is 3.42. The number of hydrogen-bond acceptors (Lipinski definition) is 4. The Kier molecular flexibility index (Phi) is 7.39. The number of para-hydroxylation sites is 2. The van der Waals surface area contributed by atoms with Gasteiger partial charge in [0.15, 0.2) is 5.75 Å². The number of anilines is 2. The van der Waals surface area contributed by atoms with Crippen molar-refractivity contribution < 1.29 is 17.9 Å². The summed E-state index contributed by atoms with van der Waals surface area (Å²) in [5.74, 6) is 0.737. The number of nitrogens with zero attached hydrogens (tertiary/aromatic N) is 1. The van der Waals surface area contributed by atoms with Crippen molar-refractivity contribution in [1.29, 1.82) is 0 Å². The zero-order valence-electron chi connectivity index (χ0n) is 18.9. The Hall–Kier alpha value is -3.81. The number of ether oxygens (including phenoxy) is 1. The van der Waals surface area contributed by atoms with Crippen LogP contribution in [-0.2, 0) is 16.6 Å². The Morgan fingerprint density at radius 1 is 0.886 bits per heavy atom. The van der Waals surface area contributed by atoms with Gasteiger partial charge in [-0.3, -0.25) is 9.10 Å².